The SMILES string of the molecule is COc1cc(C(=O)C(C)Br)ccc1OS(C)(=O)=O. The first kappa shape index (κ1) is 15.0. The first-order chi connectivity index (χ1) is 8.24. The highest BCUT2D eigenvalue weighted by molar-refractivity contribution is 9.10. The van der Waals surface area contributed by atoms with Gasteiger partial charge in [-0.1, -0.05) is 15.9 Å². The molecule has 1 unspecified atom stereocenters. The van der Waals surface area contributed by atoms with Gasteiger partial charge in [0.2, 0.25) is 0 Å². The van der Waals surface area contributed by atoms with Crippen molar-refractivity contribution in [3.8, 4) is 11.5 Å². The monoisotopic (exact) mass is 336 g/mol. The Morgan fingerprint density at radius 1 is 1.33 bits per heavy atom. The molecule has 18 heavy (non-hydrogen) atoms. The highest BCUT2D eigenvalue weighted by Crippen LogP contribution is 2.29. The van der Waals surface area contributed by atoms with Gasteiger partial charge >= 0.3 is 10.1 Å². The molecule has 0 saturated heterocycles. The van der Waals surface area contributed by atoms with Crippen molar-refractivity contribution in [2.24, 2.45) is 0 Å². The van der Waals surface area contributed by atoms with Gasteiger partial charge in [-0.2, -0.15) is 8.42 Å². The molecule has 0 aliphatic carbocycles. The van der Waals surface area contributed by atoms with Crippen molar-refractivity contribution in [1.82, 2.24) is 0 Å². The van der Waals surface area contributed by atoms with Gasteiger partial charge in [-0.25, -0.2) is 0 Å². The number of carbonyl (C=O) groups is 1. The average molecular weight is 337 g/mol. The van der Waals surface area contributed by atoms with E-state index >= 15 is 0 Å². The smallest absolute Gasteiger partial charge is 0.306 e. The van der Waals surface area contributed by atoms with Crippen molar-refractivity contribution >= 4 is 31.8 Å². The first-order valence-corrected chi connectivity index (χ1v) is 7.73. The lowest BCUT2D eigenvalue weighted by molar-refractivity contribution is 0.0995. The number of benzene rings is 1. The molecule has 0 heterocycles. The molecular weight excluding hydrogens is 324 g/mol. The zero-order chi connectivity index (χ0) is 13.9. The predicted octanol–water partition coefficient (Wildman–Crippen LogP) is 2.00. The van der Waals surface area contributed by atoms with Crippen LogP contribution in [0.3, 0.4) is 0 Å². The summed E-state index contributed by atoms with van der Waals surface area (Å²) in [5.41, 5.74) is 0.414. The molecular formula is C11H13BrO5S. The molecule has 0 bridgehead atoms. The number of alkyl halides is 1. The van der Waals surface area contributed by atoms with Crippen LogP contribution >= 0.6 is 15.9 Å². The number of hydrogen-bond acceptors (Lipinski definition) is 5. The number of ketones is 1. The molecule has 1 aromatic rings. The molecule has 7 heteroatoms. The molecule has 1 aromatic carbocycles. The van der Waals surface area contributed by atoms with Crippen LogP contribution in [-0.2, 0) is 10.1 Å². The highest BCUT2D eigenvalue weighted by Gasteiger charge is 2.16. The van der Waals surface area contributed by atoms with Gasteiger partial charge in [0.15, 0.2) is 17.3 Å². The third-order valence-corrected chi connectivity index (χ3v) is 2.95. The Morgan fingerprint density at radius 2 is 1.94 bits per heavy atom. The Morgan fingerprint density at radius 3 is 2.39 bits per heavy atom. The van der Waals surface area contributed by atoms with E-state index in [1.165, 1.54) is 25.3 Å². The van der Waals surface area contributed by atoms with Crippen LogP contribution in [0.4, 0.5) is 0 Å². The summed E-state index contributed by atoms with van der Waals surface area (Å²) in [5.74, 6) is 0.123. The molecule has 100 valence electrons. The maximum absolute atomic E-state index is 11.7. The molecule has 1 rings (SSSR count). The third-order valence-electron chi connectivity index (χ3n) is 2.05. The molecule has 5 nitrogen and oxygen atoms in total. The van der Waals surface area contributed by atoms with Crippen molar-refractivity contribution in [2.75, 3.05) is 13.4 Å². The topological polar surface area (TPSA) is 69.7 Å². The van der Waals surface area contributed by atoms with Crippen LogP contribution in [0.25, 0.3) is 0 Å². The maximum atomic E-state index is 11.7. The van der Waals surface area contributed by atoms with Gasteiger partial charge in [0, 0.05) is 5.56 Å². The van der Waals surface area contributed by atoms with Gasteiger partial charge in [-0.3, -0.25) is 4.79 Å². The zero-order valence-electron chi connectivity index (χ0n) is 10.1. The standard InChI is InChI=1S/C11H13BrO5S/c1-7(12)11(13)8-4-5-9(10(6-8)16-2)17-18(3,14)15/h4-7H,1-3H3. The Bertz CT molecular complexity index is 551. The van der Waals surface area contributed by atoms with Crippen LogP contribution in [0.5, 0.6) is 11.5 Å². The third kappa shape index (κ3) is 3.99. The average Bonchev–Trinajstić information content (AvgIpc) is 2.26. The summed E-state index contributed by atoms with van der Waals surface area (Å²) in [6.45, 7) is 1.70. The number of ether oxygens (including phenoxy) is 1. The van der Waals surface area contributed by atoms with E-state index in [0.717, 1.165) is 6.26 Å². The van der Waals surface area contributed by atoms with E-state index in [0.29, 0.717) is 5.56 Å². The van der Waals surface area contributed by atoms with Crippen LogP contribution in [0.2, 0.25) is 0 Å². The lowest BCUT2D eigenvalue weighted by Crippen LogP contribution is -2.11. The summed E-state index contributed by atoms with van der Waals surface area (Å²) in [6.07, 6.45) is 0.937. The van der Waals surface area contributed by atoms with E-state index in [9.17, 15) is 13.2 Å². The van der Waals surface area contributed by atoms with Crippen LogP contribution in [0, 0.1) is 0 Å². The first-order valence-electron chi connectivity index (χ1n) is 5.00. The minimum absolute atomic E-state index is 0.0544. The van der Waals surface area contributed by atoms with Crippen molar-refractivity contribution in [2.45, 2.75) is 11.8 Å². The van der Waals surface area contributed by atoms with Crippen LogP contribution < -0.4 is 8.92 Å². The minimum Gasteiger partial charge on any atom is -0.493 e. The summed E-state index contributed by atoms with van der Waals surface area (Å²) in [7, 11) is -2.26. The second-order valence-corrected chi connectivity index (χ2v) is 6.58. The molecule has 1 atom stereocenters. The summed E-state index contributed by atoms with van der Waals surface area (Å²) in [5, 5.41) is 0. The van der Waals surface area contributed by atoms with Crippen molar-refractivity contribution < 1.29 is 22.1 Å². The van der Waals surface area contributed by atoms with Crippen LogP contribution in [-0.4, -0.2) is 32.4 Å². The molecule has 0 N–H and O–H groups in total. The number of methoxy groups -OCH3 is 1. The lowest BCUT2D eigenvalue weighted by atomic mass is 10.1. The highest BCUT2D eigenvalue weighted by atomic mass is 79.9. The predicted molar refractivity (Wildman–Crippen MR) is 71.2 cm³/mol. The molecule has 0 spiro atoms. The summed E-state index contributed by atoms with van der Waals surface area (Å²) < 4.78 is 31.8. The van der Waals surface area contributed by atoms with E-state index in [4.69, 9.17) is 8.92 Å². The van der Waals surface area contributed by atoms with Gasteiger partial charge < -0.3 is 8.92 Å². The van der Waals surface area contributed by atoms with Crippen molar-refractivity contribution in [3.05, 3.63) is 23.8 Å². The summed E-state index contributed by atoms with van der Waals surface area (Å²) >= 11 is 3.17. The molecule has 0 fully saturated rings. The van der Waals surface area contributed by atoms with Crippen LogP contribution in [0.15, 0.2) is 18.2 Å². The van der Waals surface area contributed by atoms with E-state index < -0.39 is 10.1 Å². The van der Waals surface area contributed by atoms with Gasteiger partial charge in [0.25, 0.3) is 0 Å². The summed E-state index contributed by atoms with van der Waals surface area (Å²) in [6, 6.07) is 4.33. The van der Waals surface area contributed by atoms with Gasteiger partial charge in [0.1, 0.15) is 0 Å². The maximum Gasteiger partial charge on any atom is 0.306 e. The van der Waals surface area contributed by atoms with E-state index in [1.807, 2.05) is 0 Å². The molecule has 0 aliphatic rings. The van der Waals surface area contributed by atoms with Gasteiger partial charge in [-0.05, 0) is 25.1 Å². The summed E-state index contributed by atoms with van der Waals surface area (Å²) in [4.78, 5) is 11.4. The molecule has 0 saturated carbocycles. The normalized spacial score (nSPS) is 12.9. The fourth-order valence-electron chi connectivity index (χ4n) is 1.28. The number of carbonyl (C=O) groups excluding carboxylic acids is 1. The largest absolute Gasteiger partial charge is 0.493 e. The van der Waals surface area contributed by atoms with Crippen molar-refractivity contribution in [1.29, 1.82) is 0 Å². The lowest BCUT2D eigenvalue weighted by Gasteiger charge is -2.10. The van der Waals surface area contributed by atoms with Gasteiger partial charge in [0.05, 0.1) is 18.2 Å². The number of hydrogen-bond donors (Lipinski definition) is 0. The molecule has 0 radical (unpaired) electrons. The minimum atomic E-state index is -3.63. The molecule has 0 aliphatic heterocycles. The zero-order valence-corrected chi connectivity index (χ0v) is 12.5. The van der Waals surface area contributed by atoms with Gasteiger partial charge in [-0.15, -0.1) is 0 Å². The Hall–Kier alpha value is -1.08. The number of halogens is 1. The van der Waals surface area contributed by atoms with E-state index in [-0.39, 0.29) is 22.1 Å². The van der Waals surface area contributed by atoms with Crippen LogP contribution in [0.1, 0.15) is 17.3 Å². The fraction of sp³-hybridized carbons (Fsp3) is 0.364. The van der Waals surface area contributed by atoms with Crippen molar-refractivity contribution in [3.63, 3.8) is 0 Å². The second kappa shape index (κ2) is 5.71. The number of Topliss-reactive ketones (excluding diaryl/α,β-unsaturated/α-hetero) is 1. The quantitative estimate of drug-likeness (QED) is 0.467. The van der Waals surface area contributed by atoms with E-state index in [1.54, 1.807) is 6.92 Å². The molecule has 0 amide bonds. The van der Waals surface area contributed by atoms with E-state index in [2.05, 4.69) is 15.9 Å². The number of rotatable bonds is 5. The molecule has 0 aromatic heterocycles. The Kier molecular flexibility index (Phi) is 4.75. The Balaban J connectivity index is 3.15. The Labute approximate surface area is 114 Å². The fourth-order valence-corrected chi connectivity index (χ4v) is 2.01. The second-order valence-electron chi connectivity index (χ2n) is 3.63.